The summed E-state index contributed by atoms with van der Waals surface area (Å²) in [5.41, 5.74) is 0.856. The van der Waals surface area contributed by atoms with E-state index in [1.807, 2.05) is 6.92 Å². The van der Waals surface area contributed by atoms with Gasteiger partial charge >= 0.3 is 0 Å². The van der Waals surface area contributed by atoms with Crippen LogP contribution in [0.1, 0.15) is 36.1 Å². The van der Waals surface area contributed by atoms with Gasteiger partial charge in [0, 0.05) is 18.5 Å². The zero-order valence-corrected chi connectivity index (χ0v) is 14.2. The smallest absolute Gasteiger partial charge is 0.252 e. The Hall–Kier alpha value is -0.430. The van der Waals surface area contributed by atoms with Crippen LogP contribution in [0.2, 0.25) is 0 Å². The summed E-state index contributed by atoms with van der Waals surface area (Å²) in [5, 5.41) is 9.24. The third-order valence-electron chi connectivity index (χ3n) is 5.18. The van der Waals surface area contributed by atoms with Crippen LogP contribution in [0.4, 0.5) is 0 Å². The van der Waals surface area contributed by atoms with Crippen molar-refractivity contribution in [3.63, 3.8) is 0 Å². The Kier molecular flexibility index (Phi) is 4.16. The monoisotopic (exact) mass is 329 g/mol. The van der Waals surface area contributed by atoms with Gasteiger partial charge in [0.15, 0.2) is 0 Å². The van der Waals surface area contributed by atoms with Crippen LogP contribution in [0.5, 0.6) is 0 Å². The first-order chi connectivity index (χ1) is 9.91. The molecule has 3 atom stereocenters. The molecule has 1 aromatic rings. The van der Waals surface area contributed by atoms with Crippen LogP contribution in [-0.4, -0.2) is 31.4 Å². The molecule has 2 fully saturated rings. The standard InChI is InChI=1S/C15H23NO3S2/c1-10-5-15(20-14(10)9-17)21(18,19)16(2)8-13-7-11-3-4-12(13)6-11/h5,11-13,17H,3-4,6-9H2,1-2H3. The number of aliphatic hydroxyl groups is 1. The Bertz CT molecular complexity index is 623. The fourth-order valence-corrected chi connectivity index (χ4v) is 6.84. The van der Waals surface area contributed by atoms with Crippen LogP contribution in [-0.2, 0) is 16.6 Å². The van der Waals surface area contributed by atoms with Crippen LogP contribution in [0, 0.1) is 24.7 Å². The summed E-state index contributed by atoms with van der Waals surface area (Å²) >= 11 is 1.19. The van der Waals surface area contributed by atoms with Crippen molar-refractivity contribution in [2.45, 2.75) is 43.4 Å². The number of hydrogen-bond donors (Lipinski definition) is 1. The molecular formula is C15H23NO3S2. The Balaban J connectivity index is 1.74. The normalized spacial score (nSPS) is 28.7. The van der Waals surface area contributed by atoms with E-state index >= 15 is 0 Å². The minimum atomic E-state index is -3.41. The summed E-state index contributed by atoms with van der Waals surface area (Å²) in [7, 11) is -1.72. The van der Waals surface area contributed by atoms with Crippen molar-refractivity contribution in [3.05, 3.63) is 16.5 Å². The summed E-state index contributed by atoms with van der Waals surface area (Å²) in [6, 6.07) is 1.68. The van der Waals surface area contributed by atoms with Crippen LogP contribution >= 0.6 is 11.3 Å². The molecule has 21 heavy (non-hydrogen) atoms. The maximum Gasteiger partial charge on any atom is 0.252 e. The Morgan fingerprint density at radius 2 is 2.14 bits per heavy atom. The number of thiophene rings is 1. The van der Waals surface area contributed by atoms with Crippen LogP contribution in [0.25, 0.3) is 0 Å². The van der Waals surface area contributed by atoms with Gasteiger partial charge in [0.25, 0.3) is 10.0 Å². The highest BCUT2D eigenvalue weighted by molar-refractivity contribution is 7.91. The molecule has 2 aliphatic rings. The third kappa shape index (κ3) is 2.79. The third-order valence-corrected chi connectivity index (χ3v) is 8.68. The predicted molar refractivity (Wildman–Crippen MR) is 83.7 cm³/mol. The van der Waals surface area contributed by atoms with Gasteiger partial charge in [0.2, 0.25) is 0 Å². The Morgan fingerprint density at radius 1 is 1.38 bits per heavy atom. The second kappa shape index (κ2) is 5.65. The van der Waals surface area contributed by atoms with Gasteiger partial charge in [-0.2, -0.15) is 4.31 Å². The first-order valence-corrected chi connectivity index (χ1v) is 9.84. The summed E-state index contributed by atoms with van der Waals surface area (Å²) in [6.45, 7) is 2.38. The molecule has 2 aliphatic carbocycles. The maximum atomic E-state index is 12.7. The number of hydrogen-bond acceptors (Lipinski definition) is 4. The van der Waals surface area contributed by atoms with Crippen molar-refractivity contribution >= 4 is 21.4 Å². The molecular weight excluding hydrogens is 306 g/mol. The lowest BCUT2D eigenvalue weighted by Gasteiger charge is -2.26. The molecule has 0 spiro atoms. The highest BCUT2D eigenvalue weighted by Gasteiger charge is 2.41. The molecule has 1 N–H and O–H groups in total. The van der Waals surface area contributed by atoms with Crippen molar-refractivity contribution in [3.8, 4) is 0 Å². The van der Waals surface area contributed by atoms with E-state index in [1.165, 1.54) is 41.3 Å². The molecule has 0 amide bonds. The first-order valence-electron chi connectivity index (χ1n) is 7.58. The number of rotatable bonds is 5. The summed E-state index contributed by atoms with van der Waals surface area (Å²) in [6.07, 6.45) is 5.10. The first kappa shape index (κ1) is 15.5. The number of fused-ring (bicyclic) bond motifs is 2. The van der Waals surface area contributed by atoms with Gasteiger partial charge in [-0.05, 0) is 55.6 Å². The lowest BCUT2D eigenvalue weighted by Crippen LogP contribution is -2.33. The second-order valence-electron chi connectivity index (χ2n) is 6.55. The molecule has 2 saturated carbocycles. The molecule has 0 aromatic carbocycles. The van der Waals surface area contributed by atoms with Crippen LogP contribution in [0.15, 0.2) is 10.3 Å². The fraction of sp³-hybridized carbons (Fsp3) is 0.733. The number of aryl methyl sites for hydroxylation is 1. The number of nitrogens with zero attached hydrogens (tertiary/aromatic N) is 1. The van der Waals surface area contributed by atoms with E-state index in [0.717, 1.165) is 22.3 Å². The summed E-state index contributed by atoms with van der Waals surface area (Å²) in [4.78, 5) is 0.738. The Morgan fingerprint density at radius 3 is 2.67 bits per heavy atom. The summed E-state index contributed by atoms with van der Waals surface area (Å²) in [5.74, 6) is 2.09. The van der Waals surface area contributed by atoms with E-state index in [0.29, 0.717) is 16.7 Å². The minimum absolute atomic E-state index is 0.0951. The van der Waals surface area contributed by atoms with E-state index in [2.05, 4.69) is 0 Å². The topological polar surface area (TPSA) is 57.6 Å². The van der Waals surface area contributed by atoms with Crippen molar-refractivity contribution in [1.29, 1.82) is 0 Å². The second-order valence-corrected chi connectivity index (χ2v) is 9.96. The molecule has 2 bridgehead atoms. The molecule has 0 aliphatic heterocycles. The largest absolute Gasteiger partial charge is 0.391 e. The van der Waals surface area contributed by atoms with Gasteiger partial charge in [0.05, 0.1) is 6.61 Å². The Labute approximate surface area is 130 Å². The molecule has 6 heteroatoms. The van der Waals surface area contributed by atoms with Crippen LogP contribution in [0.3, 0.4) is 0 Å². The van der Waals surface area contributed by atoms with Gasteiger partial charge in [-0.1, -0.05) is 6.42 Å². The minimum Gasteiger partial charge on any atom is -0.391 e. The van der Waals surface area contributed by atoms with E-state index in [9.17, 15) is 13.5 Å². The highest BCUT2D eigenvalue weighted by Crippen LogP contribution is 2.48. The lowest BCUT2D eigenvalue weighted by molar-refractivity contribution is 0.280. The lowest BCUT2D eigenvalue weighted by atomic mass is 9.89. The quantitative estimate of drug-likeness (QED) is 0.903. The van der Waals surface area contributed by atoms with Crippen LogP contribution < -0.4 is 0 Å². The number of sulfonamides is 1. The zero-order valence-electron chi connectivity index (χ0n) is 12.6. The van der Waals surface area contributed by atoms with Crippen molar-refractivity contribution < 1.29 is 13.5 Å². The van der Waals surface area contributed by atoms with Gasteiger partial charge in [-0.25, -0.2) is 8.42 Å². The summed E-state index contributed by atoms with van der Waals surface area (Å²) < 4.78 is 27.2. The highest BCUT2D eigenvalue weighted by atomic mass is 32.2. The predicted octanol–water partition coefficient (Wildman–Crippen LogP) is 2.61. The maximum absolute atomic E-state index is 12.7. The van der Waals surface area contributed by atoms with Crippen molar-refractivity contribution in [2.75, 3.05) is 13.6 Å². The molecule has 1 aromatic heterocycles. The molecule has 4 nitrogen and oxygen atoms in total. The molecule has 3 unspecified atom stereocenters. The molecule has 118 valence electrons. The SMILES string of the molecule is Cc1cc(S(=O)(=O)N(C)CC2CC3CCC2C3)sc1CO. The van der Waals surface area contributed by atoms with Crippen molar-refractivity contribution in [1.82, 2.24) is 4.31 Å². The number of aliphatic hydroxyl groups excluding tert-OH is 1. The molecule has 0 saturated heterocycles. The van der Waals surface area contributed by atoms with Gasteiger partial charge in [0.1, 0.15) is 4.21 Å². The fourth-order valence-electron chi connectivity index (χ4n) is 3.95. The zero-order chi connectivity index (χ0) is 15.2. The molecule has 0 radical (unpaired) electrons. The average molecular weight is 329 g/mol. The van der Waals surface area contributed by atoms with E-state index in [-0.39, 0.29) is 6.61 Å². The van der Waals surface area contributed by atoms with Gasteiger partial charge in [-0.15, -0.1) is 11.3 Å². The van der Waals surface area contributed by atoms with E-state index in [4.69, 9.17) is 0 Å². The van der Waals surface area contributed by atoms with E-state index in [1.54, 1.807) is 13.1 Å². The molecule has 1 heterocycles. The van der Waals surface area contributed by atoms with Gasteiger partial charge < -0.3 is 5.11 Å². The average Bonchev–Trinajstić information content (AvgIpc) is 3.13. The van der Waals surface area contributed by atoms with Crippen molar-refractivity contribution in [2.24, 2.45) is 17.8 Å². The van der Waals surface area contributed by atoms with E-state index < -0.39 is 10.0 Å². The molecule has 3 rings (SSSR count). The van der Waals surface area contributed by atoms with Gasteiger partial charge in [-0.3, -0.25) is 0 Å².